The van der Waals surface area contributed by atoms with Gasteiger partial charge in [0, 0.05) is 52.9 Å². The number of para-hydroxylation sites is 1. The molecule has 1 N–H and O–H groups in total. The Hall–Kier alpha value is -3.55. The maximum absolute atomic E-state index is 13.4. The number of carbonyl (C=O) groups is 2. The molecule has 5 rings (SSSR count). The third-order valence-corrected chi connectivity index (χ3v) is 7.24. The average Bonchev–Trinajstić information content (AvgIpc) is 2.88. The van der Waals surface area contributed by atoms with Gasteiger partial charge in [-0.2, -0.15) is 0 Å². The van der Waals surface area contributed by atoms with Crippen molar-refractivity contribution in [3.05, 3.63) is 105 Å². The van der Waals surface area contributed by atoms with Crippen LogP contribution in [0.2, 0.25) is 0 Å². The molecule has 1 amide bonds. The number of aromatic nitrogens is 1. The van der Waals surface area contributed by atoms with Gasteiger partial charge >= 0.3 is 5.97 Å². The summed E-state index contributed by atoms with van der Waals surface area (Å²) in [5, 5.41) is 3.54. The van der Waals surface area contributed by atoms with Gasteiger partial charge in [0.05, 0.1) is 11.1 Å². The van der Waals surface area contributed by atoms with Crippen molar-refractivity contribution in [2.24, 2.45) is 0 Å². The molecule has 0 spiro atoms. The van der Waals surface area contributed by atoms with Crippen molar-refractivity contribution in [1.82, 2.24) is 9.88 Å². The van der Waals surface area contributed by atoms with Crippen LogP contribution in [0.15, 0.2) is 77.3 Å². The largest absolute Gasteiger partial charge is 0.452 e. The van der Waals surface area contributed by atoms with Crippen LogP contribution < -0.4 is 5.32 Å². The lowest BCUT2D eigenvalue weighted by Crippen LogP contribution is -2.32. The summed E-state index contributed by atoms with van der Waals surface area (Å²) in [4.78, 5) is 33.1. The molecule has 0 aliphatic carbocycles. The molecule has 1 aromatic heterocycles. The van der Waals surface area contributed by atoms with E-state index in [1.165, 1.54) is 5.56 Å². The lowest BCUT2D eigenvalue weighted by molar-refractivity contribution is -0.119. The summed E-state index contributed by atoms with van der Waals surface area (Å²) in [7, 11) is 0. The summed E-state index contributed by atoms with van der Waals surface area (Å²) < 4.78 is 6.50. The topological polar surface area (TPSA) is 71.5 Å². The molecule has 2 heterocycles. The number of halogens is 1. The second kappa shape index (κ2) is 10.6. The number of nitrogens with zero attached hydrogens (tertiary/aromatic N) is 2. The summed E-state index contributed by atoms with van der Waals surface area (Å²) in [5.74, 6) is -0.892. The number of ether oxygens (including phenoxy) is 1. The van der Waals surface area contributed by atoms with Crippen LogP contribution in [0, 0.1) is 6.92 Å². The van der Waals surface area contributed by atoms with E-state index >= 15 is 0 Å². The summed E-state index contributed by atoms with van der Waals surface area (Å²) in [5.41, 5.74) is 5.93. The molecule has 3 aromatic carbocycles. The number of anilines is 1. The number of hydrogen-bond donors (Lipinski definition) is 1. The third kappa shape index (κ3) is 5.32. The molecule has 7 heteroatoms. The predicted molar refractivity (Wildman–Crippen MR) is 144 cm³/mol. The standard InChI is InChI=1S/C29H26BrN3O3/c1-19-15-21(11-12-24(19)30)31-27(34)18-36-29(35)28-22-9-5-6-10-25(22)32-26-13-14-33(17-23(26)28)16-20-7-3-2-4-8-20/h2-12,15H,13-14,16-18H2,1H3,(H,31,34). The van der Waals surface area contributed by atoms with Gasteiger partial charge in [-0.3, -0.25) is 14.7 Å². The first-order chi connectivity index (χ1) is 17.5. The zero-order valence-corrected chi connectivity index (χ0v) is 21.5. The SMILES string of the molecule is Cc1cc(NC(=O)COC(=O)c2c3c(nc4ccccc24)CCN(Cc2ccccc2)C3)ccc1Br. The number of fused-ring (bicyclic) bond motifs is 2. The Bertz CT molecular complexity index is 1440. The van der Waals surface area contributed by atoms with Crippen molar-refractivity contribution in [2.75, 3.05) is 18.5 Å². The number of hydrogen-bond acceptors (Lipinski definition) is 5. The highest BCUT2D eigenvalue weighted by Crippen LogP contribution is 2.29. The van der Waals surface area contributed by atoms with E-state index in [1.54, 1.807) is 6.07 Å². The fourth-order valence-corrected chi connectivity index (χ4v) is 4.83. The number of rotatable bonds is 6. The minimum absolute atomic E-state index is 0.368. The Morgan fingerprint density at radius 2 is 1.83 bits per heavy atom. The van der Waals surface area contributed by atoms with Gasteiger partial charge in [-0.25, -0.2) is 4.79 Å². The fourth-order valence-electron chi connectivity index (χ4n) is 4.58. The Morgan fingerprint density at radius 3 is 2.64 bits per heavy atom. The normalized spacial score (nSPS) is 13.3. The molecular weight excluding hydrogens is 518 g/mol. The molecule has 182 valence electrons. The fraction of sp³-hybridized carbons (Fsp3) is 0.207. The molecule has 4 aromatic rings. The van der Waals surface area contributed by atoms with E-state index in [2.05, 4.69) is 38.3 Å². The highest BCUT2D eigenvalue weighted by atomic mass is 79.9. The zero-order valence-electron chi connectivity index (χ0n) is 20.0. The first kappa shape index (κ1) is 24.2. The third-order valence-electron chi connectivity index (χ3n) is 6.35. The van der Waals surface area contributed by atoms with E-state index in [0.29, 0.717) is 17.8 Å². The first-order valence-corrected chi connectivity index (χ1v) is 12.7. The van der Waals surface area contributed by atoms with Crippen molar-refractivity contribution >= 4 is 44.4 Å². The van der Waals surface area contributed by atoms with E-state index in [9.17, 15) is 9.59 Å². The molecule has 0 atom stereocenters. The molecule has 0 saturated heterocycles. The van der Waals surface area contributed by atoms with Gasteiger partial charge in [0.1, 0.15) is 0 Å². The lowest BCUT2D eigenvalue weighted by Gasteiger charge is -2.30. The number of esters is 1. The minimum Gasteiger partial charge on any atom is -0.452 e. The molecule has 1 aliphatic heterocycles. The first-order valence-electron chi connectivity index (χ1n) is 11.9. The van der Waals surface area contributed by atoms with Crippen LogP contribution in [-0.2, 0) is 29.0 Å². The van der Waals surface area contributed by atoms with Crippen molar-refractivity contribution in [1.29, 1.82) is 0 Å². The maximum atomic E-state index is 13.4. The number of benzene rings is 3. The van der Waals surface area contributed by atoms with E-state index < -0.39 is 5.97 Å². The van der Waals surface area contributed by atoms with Gasteiger partial charge < -0.3 is 10.1 Å². The smallest absolute Gasteiger partial charge is 0.339 e. The van der Waals surface area contributed by atoms with Crippen LogP contribution in [0.3, 0.4) is 0 Å². The second-order valence-electron chi connectivity index (χ2n) is 8.96. The molecule has 36 heavy (non-hydrogen) atoms. The van der Waals surface area contributed by atoms with Crippen LogP contribution in [0.4, 0.5) is 5.69 Å². The zero-order chi connectivity index (χ0) is 25.1. The van der Waals surface area contributed by atoms with Crippen molar-refractivity contribution in [3.63, 3.8) is 0 Å². The number of aryl methyl sites for hydroxylation is 1. The quantitative estimate of drug-likeness (QED) is 0.318. The molecule has 1 aliphatic rings. The number of pyridine rings is 1. The molecule has 0 saturated carbocycles. The monoisotopic (exact) mass is 543 g/mol. The number of amides is 1. The Balaban J connectivity index is 1.37. The Labute approximate surface area is 218 Å². The highest BCUT2D eigenvalue weighted by Gasteiger charge is 2.27. The van der Waals surface area contributed by atoms with E-state index in [0.717, 1.165) is 51.7 Å². The van der Waals surface area contributed by atoms with Crippen molar-refractivity contribution in [2.45, 2.75) is 26.4 Å². The van der Waals surface area contributed by atoms with Crippen molar-refractivity contribution in [3.8, 4) is 0 Å². The lowest BCUT2D eigenvalue weighted by atomic mass is 9.95. The van der Waals surface area contributed by atoms with Crippen LogP contribution in [0.25, 0.3) is 10.9 Å². The van der Waals surface area contributed by atoms with E-state index in [1.807, 2.05) is 61.5 Å². The van der Waals surface area contributed by atoms with Gasteiger partial charge in [0.15, 0.2) is 6.61 Å². The van der Waals surface area contributed by atoms with Crippen LogP contribution in [0.1, 0.15) is 32.7 Å². The van der Waals surface area contributed by atoms with Gasteiger partial charge in [-0.1, -0.05) is 64.5 Å². The molecular formula is C29H26BrN3O3. The molecule has 0 fully saturated rings. The van der Waals surface area contributed by atoms with Crippen LogP contribution in [0.5, 0.6) is 0 Å². The van der Waals surface area contributed by atoms with Gasteiger partial charge in [0.25, 0.3) is 5.91 Å². The van der Waals surface area contributed by atoms with Crippen LogP contribution in [-0.4, -0.2) is 34.9 Å². The van der Waals surface area contributed by atoms with Gasteiger partial charge in [-0.15, -0.1) is 0 Å². The maximum Gasteiger partial charge on any atom is 0.339 e. The van der Waals surface area contributed by atoms with Crippen molar-refractivity contribution < 1.29 is 14.3 Å². The summed E-state index contributed by atoms with van der Waals surface area (Å²) in [6.45, 7) is 3.82. The molecule has 0 bridgehead atoms. The second-order valence-corrected chi connectivity index (χ2v) is 9.82. The predicted octanol–water partition coefficient (Wildman–Crippen LogP) is 5.66. The number of carbonyl (C=O) groups excluding carboxylic acids is 2. The van der Waals surface area contributed by atoms with Crippen LogP contribution >= 0.6 is 15.9 Å². The summed E-state index contributed by atoms with van der Waals surface area (Å²) >= 11 is 3.45. The van der Waals surface area contributed by atoms with E-state index in [4.69, 9.17) is 9.72 Å². The summed E-state index contributed by atoms with van der Waals surface area (Å²) in [6.07, 6.45) is 0.747. The van der Waals surface area contributed by atoms with Gasteiger partial charge in [-0.05, 0) is 42.3 Å². The Morgan fingerprint density at radius 1 is 1.06 bits per heavy atom. The summed E-state index contributed by atoms with van der Waals surface area (Å²) in [6, 6.07) is 23.4. The average molecular weight is 544 g/mol. The Kier molecular flexibility index (Phi) is 7.11. The molecule has 0 unspecified atom stereocenters. The highest BCUT2D eigenvalue weighted by molar-refractivity contribution is 9.10. The van der Waals surface area contributed by atoms with Gasteiger partial charge in [0.2, 0.25) is 0 Å². The van der Waals surface area contributed by atoms with E-state index in [-0.39, 0.29) is 12.5 Å². The molecule has 0 radical (unpaired) electrons. The minimum atomic E-state index is -0.506. The number of nitrogens with one attached hydrogen (secondary N) is 1. The molecule has 6 nitrogen and oxygen atoms in total.